The second-order valence-electron chi connectivity index (χ2n) is 6.80. The second-order valence-corrected chi connectivity index (χ2v) is 6.80. The lowest BCUT2D eigenvalue weighted by molar-refractivity contribution is 0.0704. The molecular weight excluding hydrogens is 373 g/mol. The Bertz CT molecular complexity index is 1010. The molecule has 1 aliphatic rings. The monoisotopic (exact) mass is 393 g/mol. The molecule has 0 aliphatic carbocycles. The van der Waals surface area contributed by atoms with Gasteiger partial charge in [0.25, 0.3) is 5.91 Å². The third kappa shape index (κ3) is 3.61. The van der Waals surface area contributed by atoms with E-state index in [1.807, 2.05) is 4.90 Å². The third-order valence-corrected chi connectivity index (χ3v) is 5.09. The molecule has 7 nitrogen and oxygen atoms in total. The van der Waals surface area contributed by atoms with Gasteiger partial charge < -0.3 is 14.5 Å². The Morgan fingerprint density at radius 3 is 2.48 bits per heavy atom. The molecule has 4 rings (SSSR count). The highest BCUT2D eigenvalue weighted by molar-refractivity contribution is 5.94. The molecule has 0 bridgehead atoms. The van der Waals surface area contributed by atoms with Gasteiger partial charge in [0.05, 0.1) is 13.2 Å². The summed E-state index contributed by atoms with van der Waals surface area (Å²) < 4.78 is 20.2. The van der Waals surface area contributed by atoms with Crippen LogP contribution in [-0.4, -0.2) is 59.0 Å². The van der Waals surface area contributed by atoms with Crippen LogP contribution in [0.15, 0.2) is 55.1 Å². The Hall–Kier alpha value is -3.55. The Morgan fingerprint density at radius 1 is 1.14 bits per heavy atom. The first-order chi connectivity index (χ1) is 14.1. The number of likely N-dealkylation sites (N-methyl/N-ethyl adjacent to an activating group) is 1. The first-order valence-electron chi connectivity index (χ1n) is 9.15. The van der Waals surface area contributed by atoms with E-state index in [4.69, 9.17) is 4.74 Å². The molecule has 1 amide bonds. The Labute approximate surface area is 167 Å². The van der Waals surface area contributed by atoms with Crippen LogP contribution < -0.4 is 9.64 Å². The zero-order valence-electron chi connectivity index (χ0n) is 16.1. The Kier molecular flexibility index (Phi) is 5.07. The number of aromatic nitrogens is 3. The number of carbonyl (C=O) groups excluding carboxylic acids is 1. The zero-order valence-corrected chi connectivity index (χ0v) is 16.1. The van der Waals surface area contributed by atoms with Crippen LogP contribution in [0, 0.1) is 5.82 Å². The van der Waals surface area contributed by atoms with Crippen molar-refractivity contribution in [3.63, 3.8) is 0 Å². The number of pyridine rings is 1. The standard InChI is InChI=1S/C21H20FN5O2/c1-26(21(28)15-7-9-23-10-8-15)16-11-27(12-16)20-18(22)19(24-13-25-20)14-3-5-17(29-2)6-4-14/h3-10,13,16H,11-12H2,1-2H3. The average molecular weight is 393 g/mol. The Balaban J connectivity index is 1.47. The van der Waals surface area contributed by atoms with Gasteiger partial charge in [0.15, 0.2) is 11.6 Å². The molecule has 1 aromatic carbocycles. The summed E-state index contributed by atoms with van der Waals surface area (Å²) in [5, 5.41) is 0. The average Bonchev–Trinajstić information content (AvgIpc) is 2.74. The first-order valence-corrected chi connectivity index (χ1v) is 9.15. The lowest BCUT2D eigenvalue weighted by atomic mass is 10.1. The van der Waals surface area contributed by atoms with Crippen LogP contribution in [0.2, 0.25) is 0 Å². The number of hydrogen-bond donors (Lipinski definition) is 0. The summed E-state index contributed by atoms with van der Waals surface area (Å²) in [6.45, 7) is 1.01. The molecule has 0 radical (unpaired) electrons. The Morgan fingerprint density at radius 2 is 1.83 bits per heavy atom. The van der Waals surface area contributed by atoms with Gasteiger partial charge in [-0.3, -0.25) is 9.78 Å². The molecule has 1 fully saturated rings. The summed E-state index contributed by atoms with van der Waals surface area (Å²) in [5.41, 5.74) is 1.47. The van der Waals surface area contributed by atoms with E-state index in [-0.39, 0.29) is 23.5 Å². The number of rotatable bonds is 5. The second kappa shape index (κ2) is 7.83. The summed E-state index contributed by atoms with van der Waals surface area (Å²) >= 11 is 0. The maximum absolute atomic E-state index is 15.1. The van der Waals surface area contributed by atoms with E-state index in [0.717, 1.165) is 0 Å². The van der Waals surface area contributed by atoms with Crippen molar-refractivity contribution < 1.29 is 13.9 Å². The molecule has 29 heavy (non-hydrogen) atoms. The van der Waals surface area contributed by atoms with E-state index in [9.17, 15) is 4.79 Å². The van der Waals surface area contributed by atoms with E-state index in [1.165, 1.54) is 6.33 Å². The van der Waals surface area contributed by atoms with Crippen LogP contribution in [0.1, 0.15) is 10.4 Å². The molecule has 1 saturated heterocycles. The number of amides is 1. The highest BCUT2D eigenvalue weighted by Crippen LogP contribution is 2.30. The normalized spacial score (nSPS) is 13.7. The number of carbonyl (C=O) groups is 1. The summed E-state index contributed by atoms with van der Waals surface area (Å²) in [7, 11) is 3.33. The quantitative estimate of drug-likeness (QED) is 0.664. The minimum Gasteiger partial charge on any atom is -0.497 e. The van der Waals surface area contributed by atoms with Crippen LogP contribution in [0.4, 0.5) is 10.2 Å². The van der Waals surface area contributed by atoms with Crippen LogP contribution in [0.5, 0.6) is 5.75 Å². The third-order valence-electron chi connectivity index (χ3n) is 5.09. The number of anilines is 1. The van der Waals surface area contributed by atoms with Gasteiger partial charge in [-0.25, -0.2) is 14.4 Å². The summed E-state index contributed by atoms with van der Waals surface area (Å²) in [6.07, 6.45) is 4.54. The minimum atomic E-state index is -0.473. The fourth-order valence-corrected chi connectivity index (χ4v) is 3.27. The zero-order chi connectivity index (χ0) is 20.4. The van der Waals surface area contributed by atoms with E-state index < -0.39 is 5.82 Å². The molecule has 0 atom stereocenters. The molecule has 0 N–H and O–H groups in total. The van der Waals surface area contributed by atoms with Gasteiger partial charge in [-0.1, -0.05) is 0 Å². The van der Waals surface area contributed by atoms with E-state index >= 15 is 4.39 Å². The van der Waals surface area contributed by atoms with Crippen molar-refractivity contribution >= 4 is 11.7 Å². The van der Waals surface area contributed by atoms with E-state index in [1.54, 1.807) is 67.8 Å². The lowest BCUT2D eigenvalue weighted by Gasteiger charge is -2.44. The highest BCUT2D eigenvalue weighted by atomic mass is 19.1. The van der Waals surface area contributed by atoms with Crippen LogP contribution in [0.25, 0.3) is 11.3 Å². The van der Waals surface area contributed by atoms with Crippen molar-refractivity contribution in [1.82, 2.24) is 19.9 Å². The summed E-state index contributed by atoms with van der Waals surface area (Å²) in [5.74, 6) is 0.376. The number of nitrogens with zero attached hydrogens (tertiary/aromatic N) is 5. The number of benzene rings is 1. The largest absolute Gasteiger partial charge is 0.497 e. The fraction of sp³-hybridized carbons (Fsp3) is 0.238. The summed E-state index contributed by atoms with van der Waals surface area (Å²) in [6, 6.07) is 10.4. The molecule has 0 saturated carbocycles. The van der Waals surface area contributed by atoms with E-state index in [0.29, 0.717) is 30.0 Å². The van der Waals surface area contributed by atoms with Gasteiger partial charge in [0.2, 0.25) is 0 Å². The van der Waals surface area contributed by atoms with Crippen molar-refractivity contribution in [3.05, 3.63) is 66.5 Å². The topological polar surface area (TPSA) is 71.5 Å². The summed E-state index contributed by atoms with van der Waals surface area (Å²) in [4.78, 5) is 28.2. The van der Waals surface area contributed by atoms with Gasteiger partial charge in [0, 0.05) is 43.7 Å². The fourth-order valence-electron chi connectivity index (χ4n) is 3.27. The number of halogens is 1. The molecule has 0 unspecified atom stereocenters. The van der Waals surface area contributed by atoms with Crippen molar-refractivity contribution in [2.45, 2.75) is 6.04 Å². The SMILES string of the molecule is COc1ccc(-c2ncnc(N3CC(N(C)C(=O)c4ccncc4)C3)c2F)cc1. The van der Waals surface area contributed by atoms with Crippen LogP contribution in [0.3, 0.4) is 0 Å². The predicted molar refractivity (Wildman–Crippen MR) is 106 cm³/mol. The molecule has 8 heteroatoms. The molecule has 0 spiro atoms. The number of methoxy groups -OCH3 is 1. The van der Waals surface area contributed by atoms with Gasteiger partial charge in [0.1, 0.15) is 17.8 Å². The van der Waals surface area contributed by atoms with Crippen molar-refractivity contribution in [3.8, 4) is 17.0 Å². The molecule has 148 valence electrons. The van der Waals surface area contributed by atoms with Crippen molar-refractivity contribution in [1.29, 1.82) is 0 Å². The number of ether oxygens (including phenoxy) is 1. The maximum atomic E-state index is 15.1. The molecule has 3 aromatic rings. The van der Waals surface area contributed by atoms with Crippen molar-refractivity contribution in [2.24, 2.45) is 0 Å². The lowest BCUT2D eigenvalue weighted by Crippen LogP contribution is -2.60. The van der Waals surface area contributed by atoms with Gasteiger partial charge >= 0.3 is 0 Å². The van der Waals surface area contributed by atoms with Crippen LogP contribution in [-0.2, 0) is 0 Å². The van der Waals surface area contributed by atoms with Crippen LogP contribution >= 0.6 is 0 Å². The maximum Gasteiger partial charge on any atom is 0.254 e. The first kappa shape index (κ1) is 18.8. The molecule has 2 aromatic heterocycles. The molecule has 1 aliphatic heterocycles. The van der Waals surface area contributed by atoms with Gasteiger partial charge in [-0.05, 0) is 36.4 Å². The smallest absolute Gasteiger partial charge is 0.254 e. The van der Waals surface area contributed by atoms with Crippen molar-refractivity contribution in [2.75, 3.05) is 32.1 Å². The van der Waals surface area contributed by atoms with Gasteiger partial charge in [-0.15, -0.1) is 0 Å². The molecular formula is C21H20FN5O2. The highest BCUT2D eigenvalue weighted by Gasteiger charge is 2.35. The number of hydrogen-bond acceptors (Lipinski definition) is 6. The molecule has 3 heterocycles. The minimum absolute atomic E-state index is 0.0190. The van der Waals surface area contributed by atoms with E-state index in [2.05, 4.69) is 15.0 Å². The van der Waals surface area contributed by atoms with Gasteiger partial charge in [-0.2, -0.15) is 0 Å². The predicted octanol–water partition coefficient (Wildman–Crippen LogP) is 2.65.